The van der Waals surface area contributed by atoms with Crippen molar-refractivity contribution in [2.24, 2.45) is 0 Å². The second-order valence-electron chi connectivity index (χ2n) is 7.11. The van der Waals surface area contributed by atoms with Crippen LogP contribution in [0.25, 0.3) is 10.8 Å². The number of amides is 1. The van der Waals surface area contributed by atoms with Gasteiger partial charge in [0, 0.05) is 5.69 Å². The van der Waals surface area contributed by atoms with E-state index in [1.807, 2.05) is 50.2 Å². The van der Waals surface area contributed by atoms with Gasteiger partial charge in [-0.15, -0.1) is 0 Å². The minimum absolute atomic E-state index is 0.154. The summed E-state index contributed by atoms with van der Waals surface area (Å²) in [5.74, 6) is -1.61. The van der Waals surface area contributed by atoms with E-state index in [0.717, 1.165) is 21.9 Å². The van der Waals surface area contributed by atoms with Crippen molar-refractivity contribution in [2.75, 3.05) is 17.7 Å². The standard InChI is InChI=1S/C23H23NO5S/c1-16-7-10-21(17(2)13-16)24-22(25)15-29-23(26)11-12-30(27,28)20-9-8-18-5-3-4-6-19(18)14-20/h3-10,13-14H,11-12,15H2,1-2H3,(H,24,25). The Morgan fingerprint density at radius 1 is 0.933 bits per heavy atom. The number of nitrogens with one attached hydrogen (secondary N) is 1. The van der Waals surface area contributed by atoms with Crippen molar-refractivity contribution in [1.82, 2.24) is 0 Å². The number of hydrogen-bond donors (Lipinski definition) is 1. The predicted octanol–water partition coefficient (Wildman–Crippen LogP) is 3.80. The third-order valence-corrected chi connectivity index (χ3v) is 6.39. The van der Waals surface area contributed by atoms with E-state index in [9.17, 15) is 18.0 Å². The van der Waals surface area contributed by atoms with Crippen LogP contribution in [0, 0.1) is 13.8 Å². The first kappa shape index (κ1) is 21.5. The first-order valence-corrected chi connectivity index (χ1v) is 11.1. The van der Waals surface area contributed by atoms with Crippen molar-refractivity contribution in [2.45, 2.75) is 25.2 Å². The number of benzene rings is 3. The Balaban J connectivity index is 1.52. The summed E-state index contributed by atoms with van der Waals surface area (Å²) >= 11 is 0. The Kier molecular flexibility index (Phi) is 6.52. The van der Waals surface area contributed by atoms with Gasteiger partial charge in [-0.3, -0.25) is 9.59 Å². The van der Waals surface area contributed by atoms with Gasteiger partial charge >= 0.3 is 5.97 Å². The molecular weight excluding hydrogens is 402 g/mol. The number of rotatable bonds is 7. The SMILES string of the molecule is Cc1ccc(NC(=O)COC(=O)CCS(=O)(=O)c2ccc3ccccc3c2)c(C)c1. The second kappa shape index (κ2) is 9.09. The van der Waals surface area contributed by atoms with E-state index in [1.165, 1.54) is 6.07 Å². The molecule has 0 aromatic heterocycles. The Bertz CT molecular complexity index is 1200. The lowest BCUT2D eigenvalue weighted by Gasteiger charge is -2.10. The summed E-state index contributed by atoms with van der Waals surface area (Å²) in [7, 11) is -3.65. The Labute approximate surface area is 175 Å². The number of sulfone groups is 1. The predicted molar refractivity (Wildman–Crippen MR) is 116 cm³/mol. The van der Waals surface area contributed by atoms with Crippen LogP contribution in [-0.4, -0.2) is 32.7 Å². The lowest BCUT2D eigenvalue weighted by molar-refractivity contribution is -0.146. The Morgan fingerprint density at radius 2 is 1.67 bits per heavy atom. The van der Waals surface area contributed by atoms with Gasteiger partial charge in [-0.05, 0) is 48.4 Å². The van der Waals surface area contributed by atoms with Crippen LogP contribution < -0.4 is 5.32 Å². The summed E-state index contributed by atoms with van der Waals surface area (Å²) in [6.07, 6.45) is -0.327. The molecule has 0 saturated carbocycles. The highest BCUT2D eigenvalue weighted by Crippen LogP contribution is 2.20. The van der Waals surface area contributed by atoms with Gasteiger partial charge in [0.1, 0.15) is 0 Å². The van der Waals surface area contributed by atoms with Gasteiger partial charge in [-0.2, -0.15) is 0 Å². The van der Waals surface area contributed by atoms with Crippen molar-refractivity contribution in [3.8, 4) is 0 Å². The van der Waals surface area contributed by atoms with Crippen molar-refractivity contribution < 1.29 is 22.7 Å². The fourth-order valence-corrected chi connectivity index (χ4v) is 4.31. The maximum Gasteiger partial charge on any atom is 0.307 e. The molecule has 1 N–H and O–H groups in total. The van der Waals surface area contributed by atoms with E-state index in [1.54, 1.807) is 18.2 Å². The summed E-state index contributed by atoms with van der Waals surface area (Å²) in [5, 5.41) is 4.42. The number of fused-ring (bicyclic) bond motifs is 1. The molecule has 156 valence electrons. The molecule has 0 spiro atoms. The number of ether oxygens (including phenoxy) is 1. The Hall–Kier alpha value is -3.19. The molecule has 0 atom stereocenters. The van der Waals surface area contributed by atoms with Gasteiger partial charge in [-0.25, -0.2) is 8.42 Å². The third kappa shape index (κ3) is 5.45. The molecule has 0 heterocycles. The maximum absolute atomic E-state index is 12.5. The smallest absolute Gasteiger partial charge is 0.307 e. The molecule has 0 saturated heterocycles. The number of hydrogen-bond acceptors (Lipinski definition) is 5. The van der Waals surface area contributed by atoms with E-state index < -0.39 is 28.3 Å². The van der Waals surface area contributed by atoms with E-state index in [0.29, 0.717) is 5.69 Å². The van der Waals surface area contributed by atoms with Gasteiger partial charge in [0.15, 0.2) is 16.4 Å². The van der Waals surface area contributed by atoms with Crippen LogP contribution in [-0.2, 0) is 24.2 Å². The van der Waals surface area contributed by atoms with Crippen LogP contribution in [0.2, 0.25) is 0 Å². The summed E-state index contributed by atoms with van der Waals surface area (Å²) < 4.78 is 30.0. The summed E-state index contributed by atoms with van der Waals surface area (Å²) in [6, 6.07) is 17.9. The normalized spacial score (nSPS) is 11.3. The average molecular weight is 426 g/mol. The summed E-state index contributed by atoms with van der Waals surface area (Å²) in [6.45, 7) is 3.35. The maximum atomic E-state index is 12.5. The highest BCUT2D eigenvalue weighted by atomic mass is 32.2. The first-order valence-electron chi connectivity index (χ1n) is 9.49. The van der Waals surface area contributed by atoms with Gasteiger partial charge in [-0.1, -0.05) is 48.0 Å². The van der Waals surface area contributed by atoms with Crippen molar-refractivity contribution in [1.29, 1.82) is 0 Å². The molecular formula is C23H23NO5S. The van der Waals surface area contributed by atoms with Crippen LogP contribution in [0.15, 0.2) is 65.6 Å². The van der Waals surface area contributed by atoms with Crippen LogP contribution in [0.1, 0.15) is 17.5 Å². The monoisotopic (exact) mass is 425 g/mol. The van der Waals surface area contributed by atoms with E-state index >= 15 is 0 Å². The van der Waals surface area contributed by atoms with Gasteiger partial charge in [0.2, 0.25) is 0 Å². The molecule has 0 aliphatic rings. The van der Waals surface area contributed by atoms with Gasteiger partial charge < -0.3 is 10.1 Å². The molecule has 3 aromatic rings. The molecule has 0 fully saturated rings. The largest absolute Gasteiger partial charge is 0.456 e. The van der Waals surface area contributed by atoms with Gasteiger partial charge in [0.05, 0.1) is 17.1 Å². The van der Waals surface area contributed by atoms with E-state index in [-0.39, 0.29) is 17.1 Å². The molecule has 0 aliphatic heterocycles. The molecule has 0 unspecified atom stereocenters. The highest BCUT2D eigenvalue weighted by Gasteiger charge is 2.18. The topological polar surface area (TPSA) is 89.5 Å². The lowest BCUT2D eigenvalue weighted by Crippen LogP contribution is -2.22. The number of carbonyl (C=O) groups is 2. The number of aryl methyl sites for hydroxylation is 2. The molecule has 6 nitrogen and oxygen atoms in total. The fraction of sp³-hybridized carbons (Fsp3) is 0.217. The van der Waals surface area contributed by atoms with Gasteiger partial charge in [0.25, 0.3) is 5.91 Å². The zero-order valence-electron chi connectivity index (χ0n) is 16.8. The quantitative estimate of drug-likeness (QED) is 0.582. The van der Waals surface area contributed by atoms with E-state index in [4.69, 9.17) is 4.74 Å². The molecule has 30 heavy (non-hydrogen) atoms. The molecule has 0 radical (unpaired) electrons. The van der Waals surface area contributed by atoms with E-state index in [2.05, 4.69) is 5.32 Å². The van der Waals surface area contributed by atoms with Crippen LogP contribution in [0.4, 0.5) is 5.69 Å². The molecule has 0 aliphatic carbocycles. The zero-order valence-corrected chi connectivity index (χ0v) is 17.7. The van der Waals surface area contributed by atoms with Crippen LogP contribution >= 0.6 is 0 Å². The highest BCUT2D eigenvalue weighted by molar-refractivity contribution is 7.91. The van der Waals surface area contributed by atoms with Crippen LogP contribution in [0.5, 0.6) is 0 Å². The van der Waals surface area contributed by atoms with Crippen LogP contribution in [0.3, 0.4) is 0 Å². The lowest BCUT2D eigenvalue weighted by atomic mass is 10.1. The summed E-state index contributed by atoms with van der Waals surface area (Å²) in [4.78, 5) is 24.1. The number of carbonyl (C=O) groups excluding carboxylic acids is 2. The molecule has 3 rings (SSSR count). The Morgan fingerprint density at radius 3 is 2.40 bits per heavy atom. The minimum Gasteiger partial charge on any atom is -0.456 e. The first-order chi connectivity index (χ1) is 14.2. The number of anilines is 1. The van der Waals surface area contributed by atoms with Crippen molar-refractivity contribution in [3.05, 3.63) is 71.8 Å². The second-order valence-corrected chi connectivity index (χ2v) is 9.21. The fourth-order valence-electron chi connectivity index (χ4n) is 3.05. The minimum atomic E-state index is -3.65. The molecule has 1 amide bonds. The third-order valence-electron chi connectivity index (χ3n) is 4.68. The average Bonchev–Trinajstić information content (AvgIpc) is 2.72. The van der Waals surface area contributed by atoms with Crippen molar-refractivity contribution in [3.63, 3.8) is 0 Å². The zero-order chi connectivity index (χ0) is 21.7. The molecule has 3 aromatic carbocycles. The molecule has 0 bridgehead atoms. The summed E-state index contributed by atoms with van der Waals surface area (Å²) in [5.41, 5.74) is 2.61. The number of esters is 1. The molecule has 7 heteroatoms. The van der Waals surface area contributed by atoms with Crippen molar-refractivity contribution >= 4 is 38.2 Å².